The van der Waals surface area contributed by atoms with Crippen LogP contribution >= 0.6 is 0 Å². The Labute approximate surface area is 78.6 Å². The van der Waals surface area contributed by atoms with Crippen LogP contribution in [-0.2, 0) is 11.0 Å². The number of rotatable bonds is 0. The summed E-state index contributed by atoms with van der Waals surface area (Å²) in [6, 6.07) is 0. The SMILES string of the molecule is [O-2].[O-2].[Pu].[Th+4]. The van der Waals surface area contributed by atoms with Gasteiger partial charge in [0, 0.05) is 29.2 Å². The van der Waals surface area contributed by atoms with Crippen molar-refractivity contribution in [2.45, 2.75) is 0 Å². The molecule has 0 aliphatic heterocycles. The van der Waals surface area contributed by atoms with Crippen molar-refractivity contribution in [3.8, 4) is 0 Å². The average Bonchev–Trinajstić information content (AvgIpc) is 0. The van der Waals surface area contributed by atoms with E-state index in [1.54, 1.807) is 0 Å². The molecule has 4 heavy (non-hydrogen) atoms. The summed E-state index contributed by atoms with van der Waals surface area (Å²) < 4.78 is 0. The molecule has 0 aromatic rings. The van der Waals surface area contributed by atoms with Gasteiger partial charge in [-0.1, -0.05) is 0 Å². The Morgan fingerprint density at radius 2 is 0.750 bits per heavy atom. The van der Waals surface area contributed by atoms with E-state index >= 15 is 0 Å². The molecule has 0 saturated carbocycles. The maximum atomic E-state index is 0. The summed E-state index contributed by atoms with van der Waals surface area (Å²) in [5, 5.41) is 0. The van der Waals surface area contributed by atoms with Gasteiger partial charge in [0.1, 0.15) is 0 Å². The third kappa shape index (κ3) is 8.87. The second kappa shape index (κ2) is 18.8. The smallest absolute Gasteiger partial charge is 2.00 e. The van der Waals surface area contributed by atoms with Crippen molar-refractivity contribution >= 4 is 0 Å². The van der Waals surface area contributed by atoms with Crippen LogP contribution in [0.15, 0.2) is 0 Å². The van der Waals surface area contributed by atoms with Gasteiger partial charge in [-0.15, -0.1) is 0 Å². The van der Waals surface area contributed by atoms with Crippen LogP contribution < -0.4 is 0 Å². The van der Waals surface area contributed by atoms with Gasteiger partial charge in [0.05, 0.1) is 0 Å². The van der Waals surface area contributed by atoms with Crippen molar-refractivity contribution in [2.24, 2.45) is 0 Å². The first kappa shape index (κ1) is 34.2. The fourth-order valence-electron chi connectivity index (χ4n) is 0. The molecule has 0 radical (unpaired) electrons. The van der Waals surface area contributed by atoms with E-state index in [1.807, 2.05) is 0 Å². The van der Waals surface area contributed by atoms with E-state index in [-0.39, 0.29) is 80.1 Å². The normalized spacial score (nSPS) is 0. The maximum Gasteiger partial charge on any atom is 4.00 e. The second-order valence-electron chi connectivity index (χ2n) is 0. The first-order valence-corrected chi connectivity index (χ1v) is 0. The van der Waals surface area contributed by atoms with Gasteiger partial charge < -0.3 is 11.0 Å². The summed E-state index contributed by atoms with van der Waals surface area (Å²) >= 11 is 0. The summed E-state index contributed by atoms with van der Waals surface area (Å²) in [5.41, 5.74) is 0. The summed E-state index contributed by atoms with van der Waals surface area (Å²) in [4.78, 5) is 0. The van der Waals surface area contributed by atoms with Gasteiger partial charge in [0.15, 0.2) is 0 Å². The molecule has 4 heteroatoms. The van der Waals surface area contributed by atoms with Gasteiger partial charge in [0.25, 0.3) is 0 Å². The van der Waals surface area contributed by atoms with Crippen molar-refractivity contribution in [2.75, 3.05) is 0 Å². The monoisotopic (exact) mass is 502 g/mol. The van der Waals surface area contributed by atoms with Crippen molar-refractivity contribution < 1.29 is 80.1 Å². The standard InChI is InChI=1S/2O.Pu.Th/q2*-2;;+4. The molecule has 0 fully saturated rings. The van der Waals surface area contributed by atoms with E-state index in [1.165, 1.54) is 0 Å². The average molecular weight is 508 g/mol. The molecule has 0 aliphatic carbocycles. The van der Waals surface area contributed by atoms with Crippen molar-refractivity contribution in [1.29, 1.82) is 0 Å². The molecular formula is O2PuTh. The molecule has 0 amide bonds. The molecule has 0 atom stereocenters. The van der Waals surface area contributed by atoms with Crippen LogP contribution in [0.25, 0.3) is 0 Å². The third-order valence-corrected chi connectivity index (χ3v) is 0. The molecule has 0 heterocycles. The largest absolute Gasteiger partial charge is 4.00 e. The minimum absolute atomic E-state index is 0. The summed E-state index contributed by atoms with van der Waals surface area (Å²) in [5.74, 6) is 0. The summed E-state index contributed by atoms with van der Waals surface area (Å²) in [6.45, 7) is 0. The first-order valence-electron chi connectivity index (χ1n) is 0. The van der Waals surface area contributed by atoms with E-state index in [4.69, 9.17) is 0 Å². The van der Waals surface area contributed by atoms with Crippen LogP contribution in [0, 0.1) is 69.1 Å². The molecule has 0 unspecified atom stereocenters. The molecule has 0 spiro atoms. The number of hydrogen-bond acceptors (Lipinski definition) is 0. The zero-order chi connectivity index (χ0) is 0. The van der Waals surface area contributed by atoms with E-state index < -0.39 is 0 Å². The van der Waals surface area contributed by atoms with Crippen molar-refractivity contribution in [3.63, 3.8) is 0 Å². The zero-order valence-corrected chi connectivity index (χ0v) is 9.23. The quantitative estimate of drug-likeness (QED) is 0.435. The van der Waals surface area contributed by atoms with E-state index in [2.05, 4.69) is 0 Å². The molecule has 0 aliphatic rings. The summed E-state index contributed by atoms with van der Waals surface area (Å²) in [7, 11) is 0. The maximum absolute atomic E-state index is 0. The second-order valence-corrected chi connectivity index (χ2v) is 0. The van der Waals surface area contributed by atoms with E-state index in [0.717, 1.165) is 0 Å². The van der Waals surface area contributed by atoms with Gasteiger partial charge in [-0.25, -0.2) is 0 Å². The van der Waals surface area contributed by atoms with Crippen molar-refractivity contribution in [3.05, 3.63) is 0 Å². The van der Waals surface area contributed by atoms with Gasteiger partial charge in [-0.2, -0.15) is 0 Å². The van der Waals surface area contributed by atoms with Crippen LogP contribution in [-0.4, -0.2) is 0 Å². The topological polar surface area (TPSA) is 57.0 Å². The van der Waals surface area contributed by atoms with E-state index in [9.17, 15) is 0 Å². The zero-order valence-electron chi connectivity index (χ0n) is 1.72. The fourth-order valence-corrected chi connectivity index (χ4v) is 0. The Bertz CT molecular complexity index is 6.00. The van der Waals surface area contributed by atoms with Gasteiger partial charge >= 0.3 is 39.9 Å². The first-order chi connectivity index (χ1) is 0. The third-order valence-electron chi connectivity index (χ3n) is 0. The van der Waals surface area contributed by atoms with Crippen molar-refractivity contribution in [1.82, 2.24) is 0 Å². The Morgan fingerprint density at radius 3 is 0.750 bits per heavy atom. The van der Waals surface area contributed by atoms with Crippen LogP contribution in [0.5, 0.6) is 0 Å². The van der Waals surface area contributed by atoms with Gasteiger partial charge in [0.2, 0.25) is 0 Å². The minimum atomic E-state index is 0. The molecule has 0 bridgehead atoms. The molecule has 0 aromatic carbocycles. The molecule has 0 saturated heterocycles. The molecule has 22 valence electrons. The Balaban J connectivity index is 0. The summed E-state index contributed by atoms with van der Waals surface area (Å²) in [6.07, 6.45) is 0. The molecule has 0 N–H and O–H groups in total. The molecule has 0 rings (SSSR count). The van der Waals surface area contributed by atoms with Crippen LogP contribution in [0.4, 0.5) is 0 Å². The van der Waals surface area contributed by atoms with E-state index in [0.29, 0.717) is 0 Å². The molecular weight excluding hydrogens is 508 g/mol. The molecule has 2 nitrogen and oxygen atoms in total. The van der Waals surface area contributed by atoms with Crippen LogP contribution in [0.2, 0.25) is 0 Å². The van der Waals surface area contributed by atoms with Crippen LogP contribution in [0.3, 0.4) is 0 Å². The fraction of sp³-hybridized carbons (Fsp3) is 0. The van der Waals surface area contributed by atoms with Gasteiger partial charge in [-0.05, 0) is 0 Å². The Morgan fingerprint density at radius 1 is 0.750 bits per heavy atom. The predicted octanol–water partition coefficient (Wildman–Crippen LogP) is -0.238. The number of hydrogen-bond donors (Lipinski definition) is 0. The molecule has 0 aromatic heterocycles. The Hall–Kier alpha value is 2.23. The van der Waals surface area contributed by atoms with Gasteiger partial charge in [-0.3, -0.25) is 0 Å². The minimum Gasteiger partial charge on any atom is -2.00 e. The predicted molar refractivity (Wildman–Crippen MR) is 1.37 cm³/mol. The Kier molecular flexibility index (Phi) is 161. The van der Waals surface area contributed by atoms with Crippen LogP contribution in [0.1, 0.15) is 0 Å².